The van der Waals surface area contributed by atoms with E-state index in [1.165, 1.54) is 0 Å². The second kappa shape index (κ2) is 5.95. The van der Waals surface area contributed by atoms with Crippen LogP contribution in [0, 0.1) is 0 Å². The highest BCUT2D eigenvalue weighted by molar-refractivity contribution is 7.24. The Hall–Kier alpha value is -1.71. The topological polar surface area (TPSA) is 20.3 Å². The van der Waals surface area contributed by atoms with Crippen molar-refractivity contribution in [2.24, 2.45) is 0 Å². The maximum Gasteiger partial charge on any atom is 0.195 e. The summed E-state index contributed by atoms with van der Waals surface area (Å²) in [6, 6.07) is 15.5. The molecule has 2 aromatic carbocycles. The Morgan fingerprint density at radius 3 is 1.58 bits per heavy atom. The van der Waals surface area contributed by atoms with Gasteiger partial charge < -0.3 is 4.90 Å². The van der Waals surface area contributed by atoms with E-state index in [0.717, 1.165) is 20.2 Å². The molecule has 3 rings (SSSR count). The van der Waals surface area contributed by atoms with Crippen molar-refractivity contribution in [2.45, 2.75) is 0 Å². The summed E-state index contributed by atoms with van der Waals surface area (Å²) in [5, 5.41) is 1.64. The Labute approximate surface area is 116 Å². The van der Waals surface area contributed by atoms with Crippen molar-refractivity contribution in [3.05, 3.63) is 58.8 Å². The van der Waals surface area contributed by atoms with Crippen molar-refractivity contribution in [1.29, 1.82) is 0 Å². The first-order valence-electron chi connectivity index (χ1n) is 6.11. The average Bonchev–Trinajstić information content (AvgIpc) is 2.38. The van der Waals surface area contributed by atoms with E-state index in [0.29, 0.717) is 0 Å². The third kappa shape index (κ3) is 3.19. The van der Waals surface area contributed by atoms with Crippen molar-refractivity contribution >= 4 is 31.5 Å². The molecule has 3 heteroatoms. The van der Waals surface area contributed by atoms with E-state index in [9.17, 15) is 4.79 Å². The summed E-state index contributed by atoms with van der Waals surface area (Å²) >= 11 is 1.67. The van der Waals surface area contributed by atoms with Crippen LogP contribution in [0.15, 0.2) is 53.3 Å². The Bertz CT molecular complexity index is 686. The van der Waals surface area contributed by atoms with Gasteiger partial charge in [-0.15, -0.1) is 11.3 Å². The lowest BCUT2D eigenvalue weighted by molar-refractivity contribution is 0.505. The number of rotatable bonds is 0. The van der Waals surface area contributed by atoms with Crippen LogP contribution in [0.5, 0.6) is 0 Å². The molecule has 3 aromatic rings. The van der Waals surface area contributed by atoms with Crippen molar-refractivity contribution in [1.82, 2.24) is 4.90 Å². The highest BCUT2D eigenvalue weighted by Gasteiger charge is 2.03. The molecule has 0 radical (unpaired) electrons. The SMILES string of the molecule is CN(C)C.O=c1c2ccccc2sc2ccccc12. The maximum absolute atomic E-state index is 12.1. The number of fused-ring (bicyclic) bond motifs is 2. The van der Waals surface area contributed by atoms with Crippen LogP contribution in [0.25, 0.3) is 20.2 Å². The molecule has 0 aliphatic heterocycles. The van der Waals surface area contributed by atoms with Gasteiger partial charge in [-0.1, -0.05) is 24.3 Å². The lowest BCUT2D eigenvalue weighted by Crippen LogP contribution is -1.99. The summed E-state index contributed by atoms with van der Waals surface area (Å²) in [5.41, 5.74) is 0.139. The van der Waals surface area contributed by atoms with Crippen LogP contribution < -0.4 is 5.43 Å². The Morgan fingerprint density at radius 2 is 1.16 bits per heavy atom. The Morgan fingerprint density at radius 1 is 0.789 bits per heavy atom. The van der Waals surface area contributed by atoms with Crippen molar-refractivity contribution in [2.75, 3.05) is 21.1 Å². The first kappa shape index (κ1) is 13.7. The number of benzene rings is 2. The molecular weight excluding hydrogens is 254 g/mol. The normalized spacial score (nSPS) is 10.5. The summed E-state index contributed by atoms with van der Waals surface area (Å²) in [4.78, 5) is 14.1. The molecule has 0 saturated carbocycles. The molecule has 1 heterocycles. The van der Waals surface area contributed by atoms with Gasteiger partial charge in [-0.2, -0.15) is 0 Å². The lowest BCUT2D eigenvalue weighted by Gasteiger charge is -1.99. The van der Waals surface area contributed by atoms with Gasteiger partial charge in [0.15, 0.2) is 5.43 Å². The average molecular weight is 271 g/mol. The quantitative estimate of drug-likeness (QED) is 0.582. The smallest absolute Gasteiger partial charge is 0.195 e. The van der Waals surface area contributed by atoms with E-state index in [1.807, 2.05) is 74.6 Å². The van der Waals surface area contributed by atoms with Gasteiger partial charge in [0.1, 0.15) is 0 Å². The molecule has 0 amide bonds. The summed E-state index contributed by atoms with van der Waals surface area (Å²) < 4.78 is 2.11. The third-order valence-electron chi connectivity index (χ3n) is 2.48. The van der Waals surface area contributed by atoms with Crippen LogP contribution in [-0.2, 0) is 0 Å². The standard InChI is InChI=1S/C13H8OS.C3H9N/c14-13-9-5-1-3-7-11(9)15-12-8-4-2-6-10(12)13;1-4(2)3/h1-8H;1-3H3. The van der Waals surface area contributed by atoms with Gasteiger partial charge in [-0.25, -0.2) is 0 Å². The second-order valence-corrected chi connectivity index (χ2v) is 5.85. The Balaban J connectivity index is 0.000000297. The predicted octanol–water partition coefficient (Wildman–Crippen LogP) is 3.59. The molecule has 98 valence electrons. The fourth-order valence-electron chi connectivity index (χ4n) is 1.75. The molecule has 0 bridgehead atoms. The fourth-order valence-corrected chi connectivity index (χ4v) is 2.82. The van der Waals surface area contributed by atoms with E-state index < -0.39 is 0 Å². The molecule has 1 aromatic heterocycles. The van der Waals surface area contributed by atoms with Gasteiger partial charge in [0, 0.05) is 20.2 Å². The van der Waals surface area contributed by atoms with E-state index in [-0.39, 0.29) is 5.43 Å². The van der Waals surface area contributed by atoms with Crippen molar-refractivity contribution < 1.29 is 0 Å². The largest absolute Gasteiger partial charge is 0.312 e. The van der Waals surface area contributed by atoms with Gasteiger partial charge in [-0.05, 0) is 45.4 Å². The minimum atomic E-state index is 0.139. The predicted molar refractivity (Wildman–Crippen MR) is 85.2 cm³/mol. The monoisotopic (exact) mass is 271 g/mol. The van der Waals surface area contributed by atoms with Crippen LogP contribution in [0.1, 0.15) is 0 Å². The first-order chi connectivity index (χ1) is 9.09. The number of hydrogen-bond acceptors (Lipinski definition) is 3. The zero-order valence-corrected chi connectivity index (χ0v) is 12.2. The minimum Gasteiger partial charge on any atom is -0.312 e. The molecular formula is C16H17NOS. The zero-order valence-electron chi connectivity index (χ0n) is 11.4. The van der Waals surface area contributed by atoms with Crippen LogP contribution in [0.4, 0.5) is 0 Å². The van der Waals surface area contributed by atoms with E-state index >= 15 is 0 Å². The van der Waals surface area contributed by atoms with Crippen molar-refractivity contribution in [3.8, 4) is 0 Å². The Kier molecular flexibility index (Phi) is 4.30. The fraction of sp³-hybridized carbons (Fsp3) is 0.188. The number of nitrogens with zero attached hydrogens (tertiary/aromatic N) is 1. The summed E-state index contributed by atoms with van der Waals surface area (Å²) in [6.45, 7) is 0. The summed E-state index contributed by atoms with van der Waals surface area (Å²) in [7, 11) is 6.00. The summed E-state index contributed by atoms with van der Waals surface area (Å²) in [6.07, 6.45) is 0. The molecule has 0 saturated heterocycles. The highest BCUT2D eigenvalue weighted by Crippen LogP contribution is 2.23. The van der Waals surface area contributed by atoms with E-state index in [4.69, 9.17) is 0 Å². The first-order valence-corrected chi connectivity index (χ1v) is 6.93. The summed E-state index contributed by atoms with van der Waals surface area (Å²) in [5.74, 6) is 0. The maximum atomic E-state index is 12.1. The molecule has 0 aliphatic rings. The van der Waals surface area contributed by atoms with E-state index in [1.54, 1.807) is 11.3 Å². The van der Waals surface area contributed by atoms with Crippen molar-refractivity contribution in [3.63, 3.8) is 0 Å². The van der Waals surface area contributed by atoms with Gasteiger partial charge >= 0.3 is 0 Å². The molecule has 0 N–H and O–H groups in total. The lowest BCUT2D eigenvalue weighted by atomic mass is 10.2. The minimum absolute atomic E-state index is 0.139. The van der Waals surface area contributed by atoms with Gasteiger partial charge in [0.05, 0.1) is 0 Å². The number of hydrogen-bond donors (Lipinski definition) is 0. The second-order valence-electron chi connectivity index (χ2n) is 4.77. The van der Waals surface area contributed by atoms with Gasteiger partial charge in [0.25, 0.3) is 0 Å². The molecule has 19 heavy (non-hydrogen) atoms. The molecule has 0 aliphatic carbocycles. The van der Waals surface area contributed by atoms with Crippen LogP contribution in [0.2, 0.25) is 0 Å². The molecule has 2 nitrogen and oxygen atoms in total. The van der Waals surface area contributed by atoms with Gasteiger partial charge in [-0.3, -0.25) is 4.79 Å². The van der Waals surface area contributed by atoms with E-state index in [2.05, 4.69) is 0 Å². The highest BCUT2D eigenvalue weighted by atomic mass is 32.1. The van der Waals surface area contributed by atoms with Gasteiger partial charge in [0.2, 0.25) is 0 Å². The van der Waals surface area contributed by atoms with Crippen LogP contribution in [0.3, 0.4) is 0 Å². The molecule has 0 fully saturated rings. The zero-order chi connectivity index (χ0) is 13.8. The van der Waals surface area contributed by atoms with Crippen LogP contribution in [-0.4, -0.2) is 26.0 Å². The van der Waals surface area contributed by atoms with Crippen LogP contribution >= 0.6 is 11.3 Å². The third-order valence-corrected chi connectivity index (χ3v) is 3.64. The molecule has 0 atom stereocenters. The molecule has 0 unspecified atom stereocenters. The molecule has 0 spiro atoms.